The molecule has 0 saturated carbocycles. The molecule has 0 bridgehead atoms. The number of carboxylic acid groups (broad SMARTS) is 1. The molecule has 2 aromatic heterocycles. The van der Waals surface area contributed by atoms with Gasteiger partial charge in [-0.2, -0.15) is 5.10 Å². The lowest BCUT2D eigenvalue weighted by molar-refractivity contribution is -0.124. The molecule has 4 heterocycles. The molecule has 2 amide bonds. The summed E-state index contributed by atoms with van der Waals surface area (Å²) in [5.41, 5.74) is 4.75. The van der Waals surface area contributed by atoms with Gasteiger partial charge in [-0.1, -0.05) is 91.0 Å². The van der Waals surface area contributed by atoms with Crippen molar-refractivity contribution in [1.82, 2.24) is 19.7 Å². The maximum absolute atomic E-state index is 14.1. The molecule has 2 saturated heterocycles. The highest BCUT2D eigenvalue weighted by atomic mass is 16.5. The summed E-state index contributed by atoms with van der Waals surface area (Å²) in [4.78, 5) is 33.7. The van der Waals surface area contributed by atoms with Gasteiger partial charge in [0.05, 0.1) is 17.0 Å². The van der Waals surface area contributed by atoms with E-state index in [-0.39, 0.29) is 18.6 Å². The fourth-order valence-electron chi connectivity index (χ4n) is 7.96. The number of hydrogen-bond donors (Lipinski definition) is 1. The Morgan fingerprint density at radius 2 is 1.43 bits per heavy atom. The van der Waals surface area contributed by atoms with Crippen LogP contribution in [-0.2, 0) is 10.3 Å². The number of nitrogens with zero attached hydrogens (tertiary/aromatic N) is 5. The van der Waals surface area contributed by atoms with Crippen molar-refractivity contribution in [3.8, 4) is 17.1 Å². The number of likely N-dealkylation sites (tertiary alicyclic amines) is 1. The molecule has 2 aliphatic rings. The second-order valence-corrected chi connectivity index (χ2v) is 13.8. The third-order valence-electron chi connectivity index (χ3n) is 10.4. The average Bonchev–Trinajstić information content (AvgIpc) is 3.86. The number of hydrogen-bond acceptors (Lipinski definition) is 5. The monoisotopic (exact) mass is 677 g/mol. The van der Waals surface area contributed by atoms with Gasteiger partial charge in [0.2, 0.25) is 11.8 Å². The Morgan fingerprint density at radius 1 is 0.824 bits per heavy atom. The van der Waals surface area contributed by atoms with E-state index in [0.717, 1.165) is 44.5 Å². The van der Waals surface area contributed by atoms with E-state index < -0.39 is 17.0 Å². The molecule has 1 atom stereocenters. The first-order valence-electron chi connectivity index (χ1n) is 17.4. The first-order chi connectivity index (χ1) is 24.8. The maximum atomic E-state index is 14.1. The second kappa shape index (κ2) is 12.7. The minimum Gasteiger partial charge on any atom is -0.475 e. The van der Waals surface area contributed by atoms with E-state index in [1.807, 2.05) is 55.1 Å². The van der Waals surface area contributed by atoms with Gasteiger partial charge in [0.1, 0.15) is 11.2 Å². The smallest absolute Gasteiger partial charge is 0.407 e. The number of pyridine rings is 1. The zero-order chi connectivity index (χ0) is 35.2. The number of amides is 2. The van der Waals surface area contributed by atoms with Crippen LogP contribution in [0.25, 0.3) is 22.2 Å². The van der Waals surface area contributed by atoms with Crippen molar-refractivity contribution in [2.24, 2.45) is 5.41 Å². The third-order valence-corrected chi connectivity index (χ3v) is 10.4. The van der Waals surface area contributed by atoms with Gasteiger partial charge in [-0.3, -0.25) is 4.79 Å². The summed E-state index contributed by atoms with van der Waals surface area (Å²) < 4.78 is 7.99. The molecule has 2 aliphatic heterocycles. The minimum atomic E-state index is -0.978. The molecule has 1 spiro atoms. The maximum Gasteiger partial charge on any atom is 0.407 e. The van der Waals surface area contributed by atoms with Crippen LogP contribution in [-0.4, -0.2) is 62.5 Å². The van der Waals surface area contributed by atoms with Crippen molar-refractivity contribution < 1.29 is 19.4 Å². The van der Waals surface area contributed by atoms with Crippen LogP contribution in [0.1, 0.15) is 43.4 Å². The van der Waals surface area contributed by atoms with E-state index in [9.17, 15) is 14.7 Å². The zero-order valence-corrected chi connectivity index (χ0v) is 28.6. The van der Waals surface area contributed by atoms with Crippen LogP contribution in [0.15, 0.2) is 128 Å². The molecular weight excluding hydrogens is 638 g/mol. The summed E-state index contributed by atoms with van der Waals surface area (Å²) in [5, 5.41) is 16.0. The lowest BCUT2D eigenvalue weighted by atomic mass is 9.77. The standard InChI is InChI=1S/C42H39N5O4/c1-29(2)51-37-21-18-30(27-43-37)38-35-26-34(46-25-23-41(39(46)48)22-24-45(28-41)40(49)50)19-20-36(35)47(44-38)42(31-12-6-3-7-13-31,32-14-8-4-9-15-32)33-16-10-5-11-17-33/h3-21,26-27,29H,22-25,28H2,1-2H3,(H,49,50). The number of carbonyl (C=O) groups is 2. The number of aromatic nitrogens is 3. The van der Waals surface area contributed by atoms with Gasteiger partial charge < -0.3 is 19.6 Å². The molecule has 9 nitrogen and oxygen atoms in total. The molecule has 9 heteroatoms. The van der Waals surface area contributed by atoms with Crippen molar-refractivity contribution in [3.05, 3.63) is 144 Å². The number of carbonyl (C=O) groups excluding carboxylic acids is 1. The fraction of sp³-hybridized carbons (Fsp3) is 0.238. The van der Waals surface area contributed by atoms with Gasteiger partial charge in [0.25, 0.3) is 0 Å². The predicted octanol–water partition coefficient (Wildman–Crippen LogP) is 7.83. The van der Waals surface area contributed by atoms with Crippen LogP contribution in [0.4, 0.5) is 10.5 Å². The van der Waals surface area contributed by atoms with E-state index in [1.165, 1.54) is 4.90 Å². The Labute approximate surface area is 296 Å². The minimum absolute atomic E-state index is 0.0158. The average molecular weight is 678 g/mol. The first-order valence-corrected chi connectivity index (χ1v) is 17.4. The summed E-state index contributed by atoms with van der Waals surface area (Å²) >= 11 is 0. The van der Waals surface area contributed by atoms with Crippen LogP contribution in [0.5, 0.6) is 5.88 Å². The lowest BCUT2D eigenvalue weighted by Crippen LogP contribution is -2.38. The molecule has 51 heavy (non-hydrogen) atoms. The number of anilines is 1. The van der Waals surface area contributed by atoms with Gasteiger partial charge in [-0.15, -0.1) is 0 Å². The highest BCUT2D eigenvalue weighted by Gasteiger charge is 2.52. The highest BCUT2D eigenvalue weighted by molar-refractivity contribution is 6.04. The number of ether oxygens (including phenoxy) is 1. The van der Waals surface area contributed by atoms with Crippen molar-refractivity contribution in [2.75, 3.05) is 24.5 Å². The summed E-state index contributed by atoms with van der Waals surface area (Å²) in [5.74, 6) is 0.508. The molecule has 0 radical (unpaired) electrons. The lowest BCUT2D eigenvalue weighted by Gasteiger charge is -2.37. The third kappa shape index (κ3) is 5.40. The Morgan fingerprint density at radius 3 is 1.96 bits per heavy atom. The fourth-order valence-corrected chi connectivity index (χ4v) is 7.96. The molecule has 8 rings (SSSR count). The Balaban J connectivity index is 1.36. The van der Waals surface area contributed by atoms with Crippen LogP contribution in [0.2, 0.25) is 0 Å². The van der Waals surface area contributed by atoms with Gasteiger partial charge >= 0.3 is 6.09 Å². The number of rotatable bonds is 8. The van der Waals surface area contributed by atoms with E-state index in [0.29, 0.717) is 31.8 Å². The SMILES string of the molecule is CC(C)Oc1ccc(-c2nn(C(c3ccccc3)(c3ccccc3)c3ccccc3)c3ccc(N4CCC5(CCN(C(=O)O)C5)C4=O)cc23)cn1. The van der Waals surface area contributed by atoms with Crippen molar-refractivity contribution in [3.63, 3.8) is 0 Å². The van der Waals surface area contributed by atoms with Crippen molar-refractivity contribution in [1.29, 1.82) is 0 Å². The molecule has 1 N–H and O–H groups in total. The highest BCUT2D eigenvalue weighted by Crippen LogP contribution is 2.46. The summed E-state index contributed by atoms with van der Waals surface area (Å²) in [6.07, 6.45) is 1.94. The molecule has 1 unspecified atom stereocenters. The van der Waals surface area contributed by atoms with Gasteiger partial charge in [-0.05, 0) is 67.6 Å². The van der Waals surface area contributed by atoms with Crippen LogP contribution < -0.4 is 9.64 Å². The Kier molecular flexibility index (Phi) is 8.05. The van der Waals surface area contributed by atoms with E-state index in [1.54, 1.807) is 6.20 Å². The summed E-state index contributed by atoms with van der Waals surface area (Å²) in [6, 6.07) is 41.2. The van der Waals surface area contributed by atoms with Crippen molar-refractivity contribution >= 4 is 28.6 Å². The second-order valence-electron chi connectivity index (χ2n) is 13.8. The van der Waals surface area contributed by atoms with E-state index >= 15 is 0 Å². The Bertz CT molecular complexity index is 2110. The van der Waals surface area contributed by atoms with E-state index in [2.05, 4.69) is 94.6 Å². The van der Waals surface area contributed by atoms with Crippen LogP contribution in [0.3, 0.4) is 0 Å². The zero-order valence-electron chi connectivity index (χ0n) is 28.6. The van der Waals surface area contributed by atoms with Crippen LogP contribution >= 0.6 is 0 Å². The van der Waals surface area contributed by atoms with Gasteiger partial charge in [0, 0.05) is 48.5 Å². The number of fused-ring (bicyclic) bond motifs is 1. The topological polar surface area (TPSA) is 101 Å². The van der Waals surface area contributed by atoms with Crippen LogP contribution in [0, 0.1) is 5.41 Å². The number of benzene rings is 4. The van der Waals surface area contributed by atoms with E-state index in [4.69, 9.17) is 9.84 Å². The molecule has 256 valence electrons. The van der Waals surface area contributed by atoms with Gasteiger partial charge in [0.15, 0.2) is 0 Å². The molecule has 2 fully saturated rings. The first kappa shape index (κ1) is 32.3. The largest absolute Gasteiger partial charge is 0.475 e. The molecule has 6 aromatic rings. The van der Waals surface area contributed by atoms with Gasteiger partial charge in [-0.25, -0.2) is 14.5 Å². The molecule has 4 aromatic carbocycles. The molecule has 0 aliphatic carbocycles. The Hall–Kier alpha value is -5.96. The van der Waals surface area contributed by atoms with Crippen molar-refractivity contribution in [2.45, 2.75) is 38.3 Å². The normalized spacial score (nSPS) is 17.6. The summed E-state index contributed by atoms with van der Waals surface area (Å²) in [6.45, 7) is 5.06. The predicted molar refractivity (Wildman–Crippen MR) is 197 cm³/mol. The summed E-state index contributed by atoms with van der Waals surface area (Å²) in [7, 11) is 0. The quantitative estimate of drug-likeness (QED) is 0.165. The molecular formula is C42H39N5O4.